The first-order chi connectivity index (χ1) is 8.95. The molecule has 1 aromatic heterocycles. The average Bonchev–Trinajstić information content (AvgIpc) is 2.86. The van der Waals surface area contributed by atoms with E-state index in [0.717, 1.165) is 5.69 Å². The van der Waals surface area contributed by atoms with Crippen LogP contribution < -0.4 is 5.32 Å². The first-order valence-corrected chi connectivity index (χ1v) is 6.86. The number of nitrogens with zero attached hydrogens (tertiary/aromatic N) is 2. The van der Waals surface area contributed by atoms with E-state index in [9.17, 15) is 9.59 Å². The van der Waals surface area contributed by atoms with E-state index in [1.165, 1.54) is 23.3 Å². The lowest BCUT2D eigenvalue weighted by molar-refractivity contribution is -0.144. The van der Waals surface area contributed by atoms with Gasteiger partial charge in [0, 0.05) is 12.4 Å². The summed E-state index contributed by atoms with van der Waals surface area (Å²) >= 11 is 1.48. The fourth-order valence-corrected chi connectivity index (χ4v) is 2.05. The summed E-state index contributed by atoms with van der Waals surface area (Å²) in [4.78, 5) is 29.1. The van der Waals surface area contributed by atoms with Gasteiger partial charge in [0.05, 0.1) is 24.9 Å². The first kappa shape index (κ1) is 15.4. The van der Waals surface area contributed by atoms with E-state index in [4.69, 9.17) is 0 Å². The molecule has 0 aromatic carbocycles. The Morgan fingerprint density at radius 1 is 1.53 bits per heavy atom. The largest absolute Gasteiger partial charge is 0.467 e. The van der Waals surface area contributed by atoms with Crippen LogP contribution in [0, 0.1) is 5.92 Å². The second-order valence-corrected chi connectivity index (χ2v) is 5.25. The molecule has 0 saturated heterocycles. The molecule has 2 amide bonds. The molecular weight excluding hydrogens is 266 g/mol. The van der Waals surface area contributed by atoms with E-state index in [0.29, 0.717) is 6.54 Å². The molecule has 6 nitrogen and oxygen atoms in total. The van der Waals surface area contributed by atoms with Crippen LogP contribution in [0.1, 0.15) is 19.5 Å². The molecule has 0 aliphatic carbocycles. The number of amides is 2. The number of carbonyl (C=O) groups is 2. The SMILES string of the molecule is COC(=O)[C@@H](NC(=O)N(C)Cc1cscn1)C(C)C. The van der Waals surface area contributed by atoms with Crippen molar-refractivity contribution in [2.45, 2.75) is 26.4 Å². The van der Waals surface area contributed by atoms with Crippen LogP contribution in [0.5, 0.6) is 0 Å². The summed E-state index contributed by atoms with van der Waals surface area (Å²) < 4.78 is 4.68. The van der Waals surface area contributed by atoms with E-state index < -0.39 is 12.0 Å². The molecule has 1 rings (SSSR count). The van der Waals surface area contributed by atoms with Gasteiger partial charge in [-0.2, -0.15) is 0 Å². The Kier molecular flexibility index (Phi) is 5.75. The maximum Gasteiger partial charge on any atom is 0.328 e. The van der Waals surface area contributed by atoms with Crippen LogP contribution in [0.2, 0.25) is 0 Å². The topological polar surface area (TPSA) is 71.5 Å². The molecule has 1 N–H and O–H groups in total. The zero-order chi connectivity index (χ0) is 14.4. The van der Waals surface area contributed by atoms with Crippen LogP contribution in [0.25, 0.3) is 0 Å². The van der Waals surface area contributed by atoms with E-state index in [2.05, 4.69) is 15.0 Å². The molecule has 1 heterocycles. The normalized spacial score (nSPS) is 12.1. The van der Waals surface area contributed by atoms with E-state index in [1.54, 1.807) is 12.6 Å². The van der Waals surface area contributed by atoms with Gasteiger partial charge in [0.2, 0.25) is 0 Å². The van der Waals surface area contributed by atoms with Gasteiger partial charge in [0.25, 0.3) is 0 Å². The zero-order valence-electron chi connectivity index (χ0n) is 11.5. The van der Waals surface area contributed by atoms with Crippen molar-refractivity contribution in [3.63, 3.8) is 0 Å². The van der Waals surface area contributed by atoms with Crippen LogP contribution in [0.4, 0.5) is 4.79 Å². The minimum absolute atomic E-state index is 0.0379. The van der Waals surface area contributed by atoms with Crippen LogP contribution in [0.3, 0.4) is 0 Å². The van der Waals surface area contributed by atoms with Gasteiger partial charge in [0.1, 0.15) is 6.04 Å². The highest BCUT2D eigenvalue weighted by atomic mass is 32.1. The highest BCUT2D eigenvalue weighted by Gasteiger charge is 2.26. The van der Waals surface area contributed by atoms with E-state index in [1.807, 2.05) is 19.2 Å². The van der Waals surface area contributed by atoms with Crippen molar-refractivity contribution in [3.05, 3.63) is 16.6 Å². The van der Waals surface area contributed by atoms with Crippen LogP contribution in [-0.4, -0.2) is 42.1 Å². The minimum atomic E-state index is -0.643. The van der Waals surface area contributed by atoms with Crippen molar-refractivity contribution in [2.24, 2.45) is 5.92 Å². The highest BCUT2D eigenvalue weighted by Crippen LogP contribution is 2.07. The van der Waals surface area contributed by atoms with Crippen LogP contribution in [-0.2, 0) is 16.1 Å². The molecule has 0 bridgehead atoms. The number of carbonyl (C=O) groups excluding carboxylic acids is 2. The van der Waals surface area contributed by atoms with Crippen LogP contribution >= 0.6 is 11.3 Å². The second kappa shape index (κ2) is 7.08. The summed E-state index contributed by atoms with van der Waals surface area (Å²) in [5.41, 5.74) is 2.54. The minimum Gasteiger partial charge on any atom is -0.467 e. The standard InChI is InChI=1S/C12H19N3O3S/c1-8(2)10(11(16)18-4)14-12(17)15(3)5-9-6-19-7-13-9/h6-8,10H,5H2,1-4H3,(H,14,17)/t10-/m0/s1. The molecule has 1 atom stereocenters. The van der Waals surface area contributed by atoms with Gasteiger partial charge in [0.15, 0.2) is 0 Å². The fourth-order valence-electron chi connectivity index (χ4n) is 1.50. The Morgan fingerprint density at radius 2 is 2.21 bits per heavy atom. The third-order valence-corrected chi connectivity index (χ3v) is 3.27. The van der Waals surface area contributed by atoms with Crippen molar-refractivity contribution < 1.29 is 14.3 Å². The molecular formula is C12H19N3O3S. The van der Waals surface area contributed by atoms with Crippen LogP contribution in [0.15, 0.2) is 10.9 Å². The molecule has 0 saturated carbocycles. The number of nitrogens with one attached hydrogen (secondary N) is 1. The van der Waals surface area contributed by atoms with Gasteiger partial charge in [-0.15, -0.1) is 11.3 Å². The van der Waals surface area contributed by atoms with Crippen molar-refractivity contribution >= 4 is 23.3 Å². The molecule has 106 valence electrons. The Balaban J connectivity index is 2.58. The van der Waals surface area contributed by atoms with Gasteiger partial charge < -0.3 is 15.0 Å². The van der Waals surface area contributed by atoms with Crippen molar-refractivity contribution in [2.75, 3.05) is 14.2 Å². The number of hydrogen-bond acceptors (Lipinski definition) is 5. The first-order valence-electron chi connectivity index (χ1n) is 5.92. The Morgan fingerprint density at radius 3 is 2.68 bits per heavy atom. The molecule has 0 unspecified atom stereocenters. The number of thiazole rings is 1. The van der Waals surface area contributed by atoms with Gasteiger partial charge in [-0.05, 0) is 5.92 Å². The maximum absolute atomic E-state index is 12.0. The van der Waals surface area contributed by atoms with Gasteiger partial charge in [-0.3, -0.25) is 0 Å². The highest BCUT2D eigenvalue weighted by molar-refractivity contribution is 7.07. The lowest BCUT2D eigenvalue weighted by Gasteiger charge is -2.23. The summed E-state index contributed by atoms with van der Waals surface area (Å²) in [5, 5.41) is 4.55. The summed E-state index contributed by atoms with van der Waals surface area (Å²) in [6.07, 6.45) is 0. The Labute approximate surface area is 116 Å². The summed E-state index contributed by atoms with van der Waals surface area (Å²) in [6.45, 7) is 4.10. The van der Waals surface area contributed by atoms with Crippen molar-refractivity contribution in [3.8, 4) is 0 Å². The molecule has 19 heavy (non-hydrogen) atoms. The molecule has 0 aliphatic heterocycles. The molecule has 0 radical (unpaired) electrons. The van der Waals surface area contributed by atoms with Crippen molar-refractivity contribution in [1.29, 1.82) is 0 Å². The monoisotopic (exact) mass is 285 g/mol. The summed E-state index contributed by atoms with van der Waals surface area (Å²) in [7, 11) is 2.96. The summed E-state index contributed by atoms with van der Waals surface area (Å²) in [6, 6.07) is -0.965. The summed E-state index contributed by atoms with van der Waals surface area (Å²) in [5.74, 6) is -0.477. The number of methoxy groups -OCH3 is 1. The second-order valence-electron chi connectivity index (χ2n) is 4.53. The van der Waals surface area contributed by atoms with E-state index in [-0.39, 0.29) is 11.9 Å². The van der Waals surface area contributed by atoms with Crippen molar-refractivity contribution in [1.82, 2.24) is 15.2 Å². The molecule has 1 aromatic rings. The third-order valence-electron chi connectivity index (χ3n) is 2.63. The van der Waals surface area contributed by atoms with Gasteiger partial charge >= 0.3 is 12.0 Å². The molecule has 0 aliphatic rings. The predicted octanol–water partition coefficient (Wildman–Crippen LogP) is 1.48. The number of esters is 1. The lowest BCUT2D eigenvalue weighted by Crippen LogP contribution is -2.49. The number of aromatic nitrogens is 1. The fraction of sp³-hybridized carbons (Fsp3) is 0.583. The zero-order valence-corrected chi connectivity index (χ0v) is 12.4. The Hall–Kier alpha value is -1.63. The van der Waals surface area contributed by atoms with E-state index >= 15 is 0 Å². The third kappa shape index (κ3) is 4.51. The average molecular weight is 285 g/mol. The number of urea groups is 1. The number of hydrogen-bond donors (Lipinski definition) is 1. The Bertz CT molecular complexity index is 420. The molecule has 7 heteroatoms. The van der Waals surface area contributed by atoms with Gasteiger partial charge in [-0.25, -0.2) is 14.6 Å². The molecule has 0 fully saturated rings. The lowest BCUT2D eigenvalue weighted by atomic mass is 10.1. The predicted molar refractivity (Wildman–Crippen MR) is 72.8 cm³/mol. The molecule has 0 spiro atoms. The smallest absolute Gasteiger partial charge is 0.328 e. The van der Waals surface area contributed by atoms with Gasteiger partial charge in [-0.1, -0.05) is 13.8 Å². The number of ether oxygens (including phenoxy) is 1. The maximum atomic E-state index is 12.0. The quantitative estimate of drug-likeness (QED) is 0.832. The number of rotatable bonds is 5.